The molecule has 0 saturated carbocycles. The summed E-state index contributed by atoms with van der Waals surface area (Å²) in [6.45, 7) is 0. The standard InChI is InChI=1S/C9H7ClO3/c1-12-5-2-3-7-6(4-5)8(10)9(11)13-7/h2-4,8H,1H3/t8-/m1/s1. The first kappa shape index (κ1) is 8.38. The van der Waals surface area contributed by atoms with E-state index in [2.05, 4.69) is 0 Å². The molecular formula is C9H7ClO3. The lowest BCUT2D eigenvalue weighted by molar-refractivity contribution is -0.132. The maximum atomic E-state index is 11.0. The van der Waals surface area contributed by atoms with Crippen LogP contribution in [0.15, 0.2) is 18.2 Å². The number of benzene rings is 1. The predicted octanol–water partition coefficient (Wildman–Crippen LogP) is 1.89. The summed E-state index contributed by atoms with van der Waals surface area (Å²) in [5.74, 6) is 0.762. The van der Waals surface area contributed by atoms with Crippen molar-refractivity contribution in [3.63, 3.8) is 0 Å². The number of carbonyl (C=O) groups excluding carboxylic acids is 1. The van der Waals surface area contributed by atoms with E-state index in [-0.39, 0.29) is 0 Å². The van der Waals surface area contributed by atoms with Gasteiger partial charge in [-0.05, 0) is 18.2 Å². The molecule has 0 N–H and O–H groups in total. The minimum absolute atomic E-state index is 0.426. The first-order valence-corrected chi connectivity index (χ1v) is 4.19. The summed E-state index contributed by atoms with van der Waals surface area (Å²) in [4.78, 5) is 11.0. The van der Waals surface area contributed by atoms with Crippen LogP contribution in [-0.2, 0) is 4.79 Å². The molecule has 0 bridgehead atoms. The van der Waals surface area contributed by atoms with E-state index in [1.54, 1.807) is 25.3 Å². The van der Waals surface area contributed by atoms with Gasteiger partial charge in [-0.25, -0.2) is 4.79 Å². The van der Waals surface area contributed by atoms with Crippen molar-refractivity contribution in [2.45, 2.75) is 5.38 Å². The second-order valence-corrected chi connectivity index (χ2v) is 3.12. The van der Waals surface area contributed by atoms with E-state index in [1.807, 2.05) is 0 Å². The van der Waals surface area contributed by atoms with Gasteiger partial charge in [0.2, 0.25) is 0 Å². The van der Waals surface area contributed by atoms with Crippen LogP contribution >= 0.6 is 11.6 Å². The van der Waals surface area contributed by atoms with Gasteiger partial charge < -0.3 is 9.47 Å². The minimum Gasteiger partial charge on any atom is -0.497 e. The molecule has 4 heteroatoms. The number of alkyl halides is 1. The largest absolute Gasteiger partial charge is 0.497 e. The zero-order chi connectivity index (χ0) is 9.42. The molecule has 0 spiro atoms. The lowest BCUT2D eigenvalue weighted by atomic mass is 10.1. The summed E-state index contributed by atoms with van der Waals surface area (Å²) in [7, 11) is 1.56. The van der Waals surface area contributed by atoms with Crippen molar-refractivity contribution < 1.29 is 14.3 Å². The van der Waals surface area contributed by atoms with Crippen LogP contribution in [-0.4, -0.2) is 13.1 Å². The molecule has 0 fully saturated rings. The smallest absolute Gasteiger partial charge is 0.334 e. The number of ether oxygens (including phenoxy) is 2. The quantitative estimate of drug-likeness (QED) is 0.393. The highest BCUT2D eigenvalue weighted by molar-refractivity contribution is 6.31. The Bertz CT molecular complexity index is 362. The predicted molar refractivity (Wildman–Crippen MR) is 47.2 cm³/mol. The molecule has 13 heavy (non-hydrogen) atoms. The Hall–Kier alpha value is -1.22. The van der Waals surface area contributed by atoms with Crippen LogP contribution in [0.25, 0.3) is 0 Å². The first-order chi connectivity index (χ1) is 6.22. The number of fused-ring (bicyclic) bond motifs is 1. The number of halogens is 1. The molecule has 1 aliphatic rings. The molecule has 1 aromatic rings. The fourth-order valence-corrected chi connectivity index (χ4v) is 1.45. The molecule has 0 radical (unpaired) electrons. The van der Waals surface area contributed by atoms with Crippen molar-refractivity contribution in [1.29, 1.82) is 0 Å². The molecule has 3 nitrogen and oxygen atoms in total. The van der Waals surface area contributed by atoms with Crippen LogP contribution in [0.1, 0.15) is 10.9 Å². The average molecular weight is 199 g/mol. The van der Waals surface area contributed by atoms with Gasteiger partial charge in [-0.2, -0.15) is 0 Å². The maximum absolute atomic E-state index is 11.0. The summed E-state index contributed by atoms with van der Waals surface area (Å²) in [6.07, 6.45) is 0. The summed E-state index contributed by atoms with van der Waals surface area (Å²) in [6, 6.07) is 5.10. The number of esters is 1. The molecule has 2 rings (SSSR count). The third-order valence-electron chi connectivity index (χ3n) is 1.91. The zero-order valence-electron chi connectivity index (χ0n) is 6.91. The van der Waals surface area contributed by atoms with E-state index >= 15 is 0 Å². The van der Waals surface area contributed by atoms with Gasteiger partial charge in [0.25, 0.3) is 0 Å². The molecule has 0 aromatic heterocycles. The van der Waals surface area contributed by atoms with Crippen molar-refractivity contribution in [1.82, 2.24) is 0 Å². The van der Waals surface area contributed by atoms with Crippen molar-refractivity contribution in [2.75, 3.05) is 7.11 Å². The summed E-state index contributed by atoms with van der Waals surface area (Å²) in [5.41, 5.74) is 0.672. The van der Waals surface area contributed by atoms with E-state index in [1.165, 1.54) is 0 Å². The lowest BCUT2D eigenvalue weighted by Gasteiger charge is -2.01. The monoisotopic (exact) mass is 198 g/mol. The normalized spacial score (nSPS) is 19.5. The van der Waals surface area contributed by atoms with E-state index in [4.69, 9.17) is 21.1 Å². The van der Waals surface area contributed by atoms with Gasteiger partial charge in [0, 0.05) is 5.56 Å². The molecule has 0 amide bonds. The average Bonchev–Trinajstić information content (AvgIpc) is 2.43. The summed E-state index contributed by atoms with van der Waals surface area (Å²) < 4.78 is 9.89. The first-order valence-electron chi connectivity index (χ1n) is 3.76. The Morgan fingerprint density at radius 3 is 3.00 bits per heavy atom. The van der Waals surface area contributed by atoms with E-state index < -0.39 is 11.3 Å². The molecule has 1 aromatic carbocycles. The summed E-state index contributed by atoms with van der Waals surface area (Å²) >= 11 is 5.79. The van der Waals surface area contributed by atoms with Gasteiger partial charge in [-0.1, -0.05) is 0 Å². The number of hydrogen-bond acceptors (Lipinski definition) is 3. The van der Waals surface area contributed by atoms with Crippen LogP contribution < -0.4 is 9.47 Å². The lowest BCUT2D eigenvalue weighted by Crippen LogP contribution is -2.03. The Balaban J connectivity index is 2.47. The highest BCUT2D eigenvalue weighted by Crippen LogP contribution is 2.39. The van der Waals surface area contributed by atoms with Gasteiger partial charge in [-0.15, -0.1) is 11.6 Å². The molecule has 68 valence electrons. The third-order valence-corrected chi connectivity index (χ3v) is 2.32. The van der Waals surface area contributed by atoms with E-state index in [9.17, 15) is 4.79 Å². The SMILES string of the molecule is COc1ccc2c(c1)[C@@H](Cl)C(=O)O2. The Morgan fingerprint density at radius 2 is 2.31 bits per heavy atom. The topological polar surface area (TPSA) is 35.5 Å². The maximum Gasteiger partial charge on any atom is 0.334 e. The molecule has 0 saturated heterocycles. The van der Waals surface area contributed by atoms with Gasteiger partial charge >= 0.3 is 5.97 Å². The molecule has 0 unspecified atom stereocenters. The molecule has 1 atom stereocenters. The molecular weight excluding hydrogens is 192 g/mol. The minimum atomic E-state index is -0.704. The van der Waals surface area contributed by atoms with Crippen molar-refractivity contribution in [2.24, 2.45) is 0 Å². The third kappa shape index (κ3) is 1.25. The van der Waals surface area contributed by atoms with Gasteiger partial charge in [0.1, 0.15) is 11.5 Å². The second kappa shape index (κ2) is 2.92. The fraction of sp³-hybridized carbons (Fsp3) is 0.222. The Morgan fingerprint density at radius 1 is 1.54 bits per heavy atom. The van der Waals surface area contributed by atoms with Crippen molar-refractivity contribution in [3.05, 3.63) is 23.8 Å². The highest BCUT2D eigenvalue weighted by Gasteiger charge is 2.31. The molecule has 1 heterocycles. The van der Waals surface area contributed by atoms with Gasteiger partial charge in [-0.3, -0.25) is 0 Å². The van der Waals surface area contributed by atoms with Crippen LogP contribution in [0.3, 0.4) is 0 Å². The van der Waals surface area contributed by atoms with Crippen LogP contribution in [0.5, 0.6) is 11.5 Å². The summed E-state index contributed by atoms with van der Waals surface area (Å²) in [5, 5.41) is -0.704. The van der Waals surface area contributed by atoms with Crippen LogP contribution in [0.4, 0.5) is 0 Å². The number of methoxy groups -OCH3 is 1. The second-order valence-electron chi connectivity index (χ2n) is 2.69. The van der Waals surface area contributed by atoms with Crippen molar-refractivity contribution >= 4 is 17.6 Å². The van der Waals surface area contributed by atoms with Crippen molar-refractivity contribution in [3.8, 4) is 11.5 Å². The Kier molecular flexibility index (Phi) is 1.88. The number of rotatable bonds is 1. The Labute approximate surface area is 80.2 Å². The number of hydrogen-bond donors (Lipinski definition) is 0. The molecule has 1 aliphatic heterocycles. The highest BCUT2D eigenvalue weighted by atomic mass is 35.5. The van der Waals surface area contributed by atoms with Gasteiger partial charge in [0.05, 0.1) is 7.11 Å². The van der Waals surface area contributed by atoms with E-state index in [0.29, 0.717) is 17.1 Å². The zero-order valence-corrected chi connectivity index (χ0v) is 7.67. The fourth-order valence-electron chi connectivity index (χ4n) is 1.23. The molecule has 0 aliphatic carbocycles. The number of carbonyl (C=O) groups is 1. The van der Waals surface area contributed by atoms with E-state index in [0.717, 1.165) is 0 Å². The van der Waals surface area contributed by atoms with Gasteiger partial charge in [0.15, 0.2) is 5.38 Å². The van der Waals surface area contributed by atoms with Crippen LogP contribution in [0.2, 0.25) is 0 Å². The van der Waals surface area contributed by atoms with Crippen LogP contribution in [0, 0.1) is 0 Å².